The number of para-hydroxylation sites is 2. The first-order chi connectivity index (χ1) is 16.4. The summed E-state index contributed by atoms with van der Waals surface area (Å²) in [6.07, 6.45) is 0.0552. The van der Waals surface area contributed by atoms with Crippen LogP contribution in [-0.4, -0.2) is 51.9 Å². The van der Waals surface area contributed by atoms with Crippen molar-refractivity contribution >= 4 is 27.3 Å². The van der Waals surface area contributed by atoms with E-state index in [4.69, 9.17) is 0 Å². The van der Waals surface area contributed by atoms with E-state index in [1.54, 1.807) is 71.6 Å². The molecule has 34 heavy (non-hydrogen) atoms. The van der Waals surface area contributed by atoms with Gasteiger partial charge in [0.1, 0.15) is 5.82 Å². The predicted octanol–water partition coefficient (Wildman–Crippen LogP) is 4.07. The van der Waals surface area contributed by atoms with Gasteiger partial charge in [0, 0.05) is 39.1 Å². The van der Waals surface area contributed by atoms with E-state index in [1.165, 1.54) is 10.4 Å². The molecule has 3 aromatic carbocycles. The van der Waals surface area contributed by atoms with Gasteiger partial charge in [-0.3, -0.25) is 9.10 Å². The fourth-order valence-corrected chi connectivity index (χ4v) is 5.55. The Balaban J connectivity index is 1.44. The number of hydrogen-bond acceptors (Lipinski definition) is 4. The summed E-state index contributed by atoms with van der Waals surface area (Å²) in [5, 5.41) is 0. The van der Waals surface area contributed by atoms with Crippen LogP contribution in [0.1, 0.15) is 12.0 Å². The van der Waals surface area contributed by atoms with Gasteiger partial charge in [-0.25, -0.2) is 12.8 Å². The SMILES string of the molecule is Cc1ccc(S(=O)(=O)N(CCC(=O)N2CCN(c3ccccc3F)CC2)c2ccccc2)cc1. The van der Waals surface area contributed by atoms with Crippen molar-refractivity contribution in [2.75, 3.05) is 41.9 Å². The van der Waals surface area contributed by atoms with Gasteiger partial charge in [0.15, 0.2) is 0 Å². The normalized spacial score (nSPS) is 14.2. The Morgan fingerprint density at radius 2 is 1.50 bits per heavy atom. The van der Waals surface area contributed by atoms with E-state index in [1.807, 2.05) is 17.9 Å². The second kappa shape index (κ2) is 10.3. The molecule has 1 aliphatic rings. The maximum absolute atomic E-state index is 14.1. The molecule has 4 rings (SSSR count). The fourth-order valence-electron chi connectivity index (χ4n) is 4.08. The first-order valence-corrected chi connectivity index (χ1v) is 12.7. The zero-order valence-corrected chi connectivity index (χ0v) is 19.9. The third-order valence-corrected chi connectivity index (χ3v) is 7.85. The number of rotatable bonds is 7. The van der Waals surface area contributed by atoms with Crippen LogP contribution in [0.5, 0.6) is 0 Å². The van der Waals surface area contributed by atoms with E-state index in [0.29, 0.717) is 37.6 Å². The summed E-state index contributed by atoms with van der Waals surface area (Å²) >= 11 is 0. The number of carbonyl (C=O) groups excluding carboxylic acids is 1. The van der Waals surface area contributed by atoms with Crippen molar-refractivity contribution in [3.8, 4) is 0 Å². The van der Waals surface area contributed by atoms with Gasteiger partial charge < -0.3 is 9.80 Å². The molecule has 1 aliphatic heterocycles. The lowest BCUT2D eigenvalue weighted by atomic mass is 10.2. The molecule has 0 N–H and O–H groups in total. The number of halogens is 1. The van der Waals surface area contributed by atoms with Gasteiger partial charge in [-0.2, -0.15) is 0 Å². The van der Waals surface area contributed by atoms with E-state index in [9.17, 15) is 17.6 Å². The van der Waals surface area contributed by atoms with Crippen LogP contribution >= 0.6 is 0 Å². The van der Waals surface area contributed by atoms with Crippen LogP contribution < -0.4 is 9.21 Å². The van der Waals surface area contributed by atoms with Crippen LogP contribution in [0.3, 0.4) is 0 Å². The molecule has 0 aliphatic carbocycles. The highest BCUT2D eigenvalue weighted by atomic mass is 32.2. The molecule has 0 bridgehead atoms. The Labute approximate surface area is 200 Å². The van der Waals surface area contributed by atoms with Gasteiger partial charge >= 0.3 is 0 Å². The molecule has 1 saturated heterocycles. The molecular weight excluding hydrogens is 453 g/mol. The van der Waals surface area contributed by atoms with Crippen molar-refractivity contribution in [2.24, 2.45) is 0 Å². The number of nitrogens with zero attached hydrogens (tertiary/aromatic N) is 3. The van der Waals surface area contributed by atoms with Crippen molar-refractivity contribution in [2.45, 2.75) is 18.2 Å². The lowest BCUT2D eigenvalue weighted by Gasteiger charge is -2.36. The summed E-state index contributed by atoms with van der Waals surface area (Å²) in [5.74, 6) is -0.393. The topological polar surface area (TPSA) is 60.9 Å². The molecular formula is C26H28FN3O3S. The van der Waals surface area contributed by atoms with Gasteiger partial charge in [0.2, 0.25) is 5.91 Å². The summed E-state index contributed by atoms with van der Waals surface area (Å²) < 4.78 is 42.2. The van der Waals surface area contributed by atoms with Gasteiger partial charge in [-0.05, 0) is 43.3 Å². The fraction of sp³-hybridized carbons (Fsp3) is 0.269. The Morgan fingerprint density at radius 1 is 0.882 bits per heavy atom. The number of sulfonamides is 1. The standard InChI is InChI=1S/C26H28FN3O3S/c1-21-11-13-23(14-12-21)34(32,33)30(22-7-3-2-4-8-22)16-15-26(31)29-19-17-28(18-20-29)25-10-6-5-9-24(25)27/h2-14H,15-20H2,1H3. The van der Waals surface area contributed by atoms with Gasteiger partial charge in [0.05, 0.1) is 16.3 Å². The molecule has 0 radical (unpaired) electrons. The van der Waals surface area contributed by atoms with Gasteiger partial charge in [-0.1, -0.05) is 48.0 Å². The number of amides is 1. The van der Waals surface area contributed by atoms with Crippen molar-refractivity contribution in [3.63, 3.8) is 0 Å². The zero-order chi connectivity index (χ0) is 24.1. The average molecular weight is 482 g/mol. The van der Waals surface area contributed by atoms with Crippen LogP contribution in [0.4, 0.5) is 15.8 Å². The minimum atomic E-state index is -3.83. The second-order valence-corrected chi connectivity index (χ2v) is 10.2. The quantitative estimate of drug-likeness (QED) is 0.511. The third-order valence-electron chi connectivity index (χ3n) is 6.01. The minimum absolute atomic E-state index is 0.0343. The molecule has 0 aromatic heterocycles. The molecule has 178 valence electrons. The number of hydrogen-bond donors (Lipinski definition) is 0. The number of aryl methyl sites for hydroxylation is 1. The first kappa shape index (κ1) is 23.8. The van der Waals surface area contributed by atoms with E-state index < -0.39 is 10.0 Å². The second-order valence-electron chi connectivity index (χ2n) is 8.30. The maximum atomic E-state index is 14.1. The van der Waals surface area contributed by atoms with Crippen LogP contribution in [0.2, 0.25) is 0 Å². The van der Waals surface area contributed by atoms with Crippen molar-refractivity contribution < 1.29 is 17.6 Å². The lowest BCUT2D eigenvalue weighted by molar-refractivity contribution is -0.131. The molecule has 1 fully saturated rings. The monoisotopic (exact) mass is 481 g/mol. The summed E-state index contributed by atoms with van der Waals surface area (Å²) in [5.41, 5.74) is 2.02. The lowest BCUT2D eigenvalue weighted by Crippen LogP contribution is -2.49. The molecule has 3 aromatic rings. The predicted molar refractivity (Wildman–Crippen MR) is 132 cm³/mol. The molecule has 0 atom stereocenters. The third kappa shape index (κ3) is 5.22. The number of carbonyl (C=O) groups is 1. The molecule has 8 heteroatoms. The summed E-state index contributed by atoms with van der Waals surface area (Å²) in [6.45, 7) is 3.91. The van der Waals surface area contributed by atoms with Crippen LogP contribution in [0, 0.1) is 12.7 Å². The average Bonchev–Trinajstić information content (AvgIpc) is 2.85. The molecule has 1 heterocycles. The number of benzene rings is 3. The smallest absolute Gasteiger partial charge is 0.264 e. The molecule has 0 unspecified atom stereocenters. The van der Waals surface area contributed by atoms with Crippen LogP contribution in [0.15, 0.2) is 83.8 Å². The van der Waals surface area contributed by atoms with Crippen LogP contribution in [0.25, 0.3) is 0 Å². The van der Waals surface area contributed by atoms with E-state index >= 15 is 0 Å². The highest BCUT2D eigenvalue weighted by molar-refractivity contribution is 7.92. The molecule has 6 nitrogen and oxygen atoms in total. The van der Waals surface area contributed by atoms with Crippen molar-refractivity contribution in [3.05, 3.63) is 90.2 Å². The molecule has 1 amide bonds. The highest BCUT2D eigenvalue weighted by Gasteiger charge is 2.28. The Morgan fingerprint density at radius 3 is 2.15 bits per heavy atom. The summed E-state index contributed by atoms with van der Waals surface area (Å²) in [6, 6.07) is 22.1. The Hall–Kier alpha value is -3.39. The van der Waals surface area contributed by atoms with Crippen LogP contribution in [-0.2, 0) is 14.8 Å². The Kier molecular flexibility index (Phi) is 7.17. The number of anilines is 2. The summed E-state index contributed by atoms with van der Waals surface area (Å²) in [4.78, 5) is 16.8. The summed E-state index contributed by atoms with van der Waals surface area (Å²) in [7, 11) is -3.83. The van der Waals surface area contributed by atoms with Gasteiger partial charge in [0.25, 0.3) is 10.0 Å². The number of piperazine rings is 1. The van der Waals surface area contributed by atoms with E-state index in [0.717, 1.165) is 5.56 Å². The highest BCUT2D eigenvalue weighted by Crippen LogP contribution is 2.25. The molecule has 0 saturated carbocycles. The zero-order valence-electron chi connectivity index (χ0n) is 19.1. The largest absolute Gasteiger partial charge is 0.366 e. The van der Waals surface area contributed by atoms with Gasteiger partial charge in [-0.15, -0.1) is 0 Å². The Bertz CT molecular complexity index is 1230. The minimum Gasteiger partial charge on any atom is -0.366 e. The molecule has 0 spiro atoms. The van der Waals surface area contributed by atoms with Crippen molar-refractivity contribution in [1.82, 2.24) is 4.90 Å². The van der Waals surface area contributed by atoms with E-state index in [-0.39, 0.29) is 29.6 Å². The van der Waals surface area contributed by atoms with Crippen molar-refractivity contribution in [1.29, 1.82) is 0 Å². The maximum Gasteiger partial charge on any atom is 0.264 e. The first-order valence-electron chi connectivity index (χ1n) is 11.3. The van der Waals surface area contributed by atoms with E-state index in [2.05, 4.69) is 0 Å².